The number of hydroxylamine groups is 2. The summed E-state index contributed by atoms with van der Waals surface area (Å²) in [5, 5.41) is 30.3. The number of aromatic nitrogens is 1. The van der Waals surface area contributed by atoms with Crippen molar-refractivity contribution in [1.29, 1.82) is 5.41 Å². The van der Waals surface area contributed by atoms with Gasteiger partial charge >= 0.3 is 16.4 Å². The largest absolute Gasteiger partial charge is 0.485 e. The van der Waals surface area contributed by atoms with Crippen LogP contribution in [0.4, 0.5) is 5.13 Å². The number of amidine groups is 1. The molecule has 5 rings (SSSR count). The molecule has 2 fully saturated rings. The first kappa shape index (κ1) is 36.9. The molecule has 3 heterocycles. The number of anilines is 1. The number of carbonyl (C=O) groups excluding carboxylic acids is 2. The number of carboxylic acids is 1. The molecule has 1 unspecified atom stereocenters. The van der Waals surface area contributed by atoms with Gasteiger partial charge < -0.3 is 41.5 Å². The molecule has 0 spiro atoms. The van der Waals surface area contributed by atoms with E-state index in [-0.39, 0.29) is 41.8 Å². The van der Waals surface area contributed by atoms with Gasteiger partial charge in [0.1, 0.15) is 23.3 Å². The van der Waals surface area contributed by atoms with Gasteiger partial charge in [0, 0.05) is 30.1 Å². The summed E-state index contributed by atoms with van der Waals surface area (Å²) < 4.78 is 47.3. The van der Waals surface area contributed by atoms with E-state index in [1.54, 1.807) is 6.07 Å². The van der Waals surface area contributed by atoms with Gasteiger partial charge in [-0.2, -0.15) is 13.5 Å². The molecule has 19 nitrogen and oxygen atoms in total. The number of β-lactam (4-membered cyclic amide) rings is 1. The fraction of sp³-hybridized carbons (Fsp3) is 0.517. The lowest BCUT2D eigenvalue weighted by Gasteiger charge is -2.50. The van der Waals surface area contributed by atoms with E-state index >= 15 is 0 Å². The summed E-state index contributed by atoms with van der Waals surface area (Å²) in [7, 11) is -3.53. The summed E-state index contributed by atoms with van der Waals surface area (Å²) in [6.07, 6.45) is 0.916. The Morgan fingerprint density at radius 2 is 2.00 bits per heavy atom. The predicted octanol–water partition coefficient (Wildman–Crippen LogP) is 0.0742. The summed E-state index contributed by atoms with van der Waals surface area (Å²) in [6.45, 7) is 4.11. The Labute approximate surface area is 290 Å². The number of ether oxygens (including phenoxy) is 2. The van der Waals surface area contributed by atoms with Crippen LogP contribution in [0, 0.1) is 5.41 Å². The topological polar surface area (TPSA) is 291 Å². The Morgan fingerprint density at radius 3 is 2.56 bits per heavy atom. The lowest BCUT2D eigenvalue weighted by molar-refractivity contribution is -0.218. The number of carboxylic acid groups (broad SMARTS) is 1. The van der Waals surface area contributed by atoms with Crippen LogP contribution in [0.1, 0.15) is 62.4 Å². The first-order chi connectivity index (χ1) is 23.3. The summed E-state index contributed by atoms with van der Waals surface area (Å²) in [4.78, 5) is 48.5. The highest BCUT2D eigenvalue weighted by atomic mass is 32.3. The number of thiazole rings is 1. The number of nitrogens with zero attached hydrogens (tertiary/aromatic N) is 3. The van der Waals surface area contributed by atoms with Gasteiger partial charge in [-0.3, -0.25) is 19.6 Å². The average Bonchev–Trinajstić information content (AvgIpc) is 3.45. The second-order valence-electron chi connectivity index (χ2n) is 12.9. The monoisotopic (exact) mass is 738 g/mol. The number of oxime groups is 1. The Balaban J connectivity index is 1.38. The van der Waals surface area contributed by atoms with Gasteiger partial charge in [0.15, 0.2) is 16.9 Å². The van der Waals surface area contributed by atoms with Crippen molar-refractivity contribution in [2.75, 3.05) is 12.8 Å². The molecule has 1 aromatic carbocycles. The Bertz CT molecular complexity index is 1840. The molecule has 0 bridgehead atoms. The van der Waals surface area contributed by atoms with Gasteiger partial charge in [-0.05, 0) is 69.7 Å². The fourth-order valence-electron chi connectivity index (χ4n) is 5.82. The summed E-state index contributed by atoms with van der Waals surface area (Å²) >= 11 is 0.956. The van der Waals surface area contributed by atoms with Crippen LogP contribution in [0.15, 0.2) is 22.7 Å². The number of aliphatic carboxylic acids is 1. The average molecular weight is 739 g/mol. The standard InChI is InChI=1S/C29H38N8O11S2/c1-28(2)22(25(39)37(28)48-50(42,43)44)35-24(38)21(18-12-49-27(32)34-18)36-47-29(3,26(40)41)20-6-5-13-7-17(14(11-45-4)8-19(13)46-20)23(31)33-16-9-15(30)10-16/h7-8,12,15-16,20,22H,5-6,9-11,30H2,1-4H3,(H2,31,33)(H2,32,34)(H,35,38)(H,40,41)(H,42,43,44)/b36-21-/t15-,16+,20?,22-,29+/m1/s1. The van der Waals surface area contributed by atoms with E-state index in [9.17, 15) is 27.9 Å². The van der Waals surface area contributed by atoms with Gasteiger partial charge in [-0.15, -0.1) is 15.6 Å². The molecule has 1 aromatic heterocycles. The zero-order chi connectivity index (χ0) is 36.8. The summed E-state index contributed by atoms with van der Waals surface area (Å²) in [6, 6.07) is 2.36. The predicted molar refractivity (Wildman–Crippen MR) is 177 cm³/mol. The molecule has 3 aliphatic rings. The van der Waals surface area contributed by atoms with Crippen molar-refractivity contribution in [3.8, 4) is 5.75 Å². The molecular weight excluding hydrogens is 700 g/mol. The molecular formula is C29H38N8O11S2. The minimum absolute atomic E-state index is 0.0484. The second-order valence-corrected chi connectivity index (χ2v) is 14.7. The van der Waals surface area contributed by atoms with Crippen LogP contribution in [0.5, 0.6) is 5.75 Å². The minimum atomic E-state index is -5.04. The zero-order valence-electron chi connectivity index (χ0n) is 27.5. The van der Waals surface area contributed by atoms with Crippen LogP contribution in [-0.4, -0.2) is 99.9 Å². The molecule has 9 N–H and O–H groups in total. The fourth-order valence-corrected chi connectivity index (χ4v) is 6.83. The molecule has 272 valence electrons. The maximum atomic E-state index is 13.5. The van der Waals surface area contributed by atoms with Crippen LogP contribution >= 0.6 is 11.3 Å². The smallest absolute Gasteiger partial charge is 0.418 e. The van der Waals surface area contributed by atoms with E-state index in [2.05, 4.69) is 25.1 Å². The van der Waals surface area contributed by atoms with E-state index in [1.807, 2.05) is 6.07 Å². The molecule has 2 amide bonds. The van der Waals surface area contributed by atoms with Crippen molar-refractivity contribution in [2.45, 2.75) is 88.4 Å². The van der Waals surface area contributed by atoms with Crippen molar-refractivity contribution in [1.82, 2.24) is 20.7 Å². The normalized spacial score (nSPS) is 24.1. The van der Waals surface area contributed by atoms with Crippen LogP contribution in [0.2, 0.25) is 0 Å². The number of hydrogen-bond acceptors (Lipinski definition) is 15. The number of aryl methyl sites for hydroxylation is 1. The maximum absolute atomic E-state index is 13.5. The van der Waals surface area contributed by atoms with Gasteiger partial charge in [-0.1, -0.05) is 5.16 Å². The van der Waals surface area contributed by atoms with Crippen molar-refractivity contribution >= 4 is 56.2 Å². The van der Waals surface area contributed by atoms with Gasteiger partial charge in [0.2, 0.25) is 0 Å². The molecule has 0 radical (unpaired) electrons. The SMILES string of the molecule is COCc1cc2c(cc1C(=N)N[C@H]1C[C@@H](N)C1)CCC([C@](C)(O/N=C(\C(=O)N[C@@H]1C(=O)N(OS(=O)(=O)O)C1(C)C)c1csc(N)n1)C(=O)O)O2. The van der Waals surface area contributed by atoms with Crippen LogP contribution in [-0.2, 0) is 51.7 Å². The van der Waals surface area contributed by atoms with Gasteiger partial charge in [0.05, 0.1) is 12.1 Å². The van der Waals surface area contributed by atoms with E-state index in [4.69, 9.17) is 35.7 Å². The number of nitrogen functional groups attached to an aromatic ring is 1. The number of methoxy groups -OCH3 is 1. The second kappa shape index (κ2) is 13.7. The van der Waals surface area contributed by atoms with E-state index in [1.165, 1.54) is 33.3 Å². The third kappa shape index (κ3) is 7.37. The molecule has 50 heavy (non-hydrogen) atoms. The zero-order valence-corrected chi connectivity index (χ0v) is 29.1. The maximum Gasteiger partial charge on any atom is 0.418 e. The third-order valence-electron chi connectivity index (χ3n) is 8.79. The number of rotatable bonds is 13. The van der Waals surface area contributed by atoms with Crippen LogP contribution in [0.25, 0.3) is 0 Å². The molecule has 2 aliphatic heterocycles. The van der Waals surface area contributed by atoms with Crippen molar-refractivity contribution in [3.63, 3.8) is 0 Å². The van der Waals surface area contributed by atoms with Crippen LogP contribution < -0.4 is 26.8 Å². The number of nitrogens with two attached hydrogens (primary N) is 2. The Morgan fingerprint density at radius 1 is 1.30 bits per heavy atom. The van der Waals surface area contributed by atoms with Crippen molar-refractivity contribution in [3.05, 3.63) is 39.9 Å². The molecule has 21 heteroatoms. The highest BCUT2D eigenvalue weighted by Crippen LogP contribution is 2.37. The highest BCUT2D eigenvalue weighted by molar-refractivity contribution is 7.80. The van der Waals surface area contributed by atoms with E-state index in [0.717, 1.165) is 29.7 Å². The summed E-state index contributed by atoms with van der Waals surface area (Å²) in [5.41, 5.74) is 9.41. The number of benzene rings is 1. The van der Waals surface area contributed by atoms with E-state index in [0.29, 0.717) is 28.4 Å². The third-order valence-corrected chi connectivity index (χ3v) is 9.80. The molecule has 2 aromatic rings. The minimum Gasteiger partial charge on any atom is -0.485 e. The lowest BCUT2D eigenvalue weighted by atomic mass is 9.84. The lowest BCUT2D eigenvalue weighted by Crippen LogP contribution is -2.76. The number of fused-ring (bicyclic) bond motifs is 1. The first-order valence-corrected chi connectivity index (χ1v) is 17.5. The van der Waals surface area contributed by atoms with Crippen LogP contribution in [0.3, 0.4) is 0 Å². The van der Waals surface area contributed by atoms with Gasteiger partial charge in [-0.25, -0.2) is 9.78 Å². The highest BCUT2D eigenvalue weighted by Gasteiger charge is 2.58. The Kier molecular flexibility index (Phi) is 10.1. The number of nitrogens with one attached hydrogen (secondary N) is 3. The van der Waals surface area contributed by atoms with Crippen molar-refractivity contribution < 1.29 is 51.1 Å². The first-order valence-electron chi connectivity index (χ1n) is 15.3. The molecule has 3 atom stereocenters. The van der Waals surface area contributed by atoms with Crippen molar-refractivity contribution in [2.24, 2.45) is 10.9 Å². The quantitative estimate of drug-likeness (QED) is 0.0471. The molecule has 1 aliphatic carbocycles. The summed E-state index contributed by atoms with van der Waals surface area (Å²) in [5.74, 6) is -2.92. The molecule has 1 saturated carbocycles. The van der Waals surface area contributed by atoms with E-state index < -0.39 is 57.2 Å². The molecule has 1 saturated heterocycles. The number of amides is 2. The number of carbonyl (C=O) groups is 3. The van der Waals surface area contributed by atoms with Gasteiger partial charge in [0.25, 0.3) is 17.4 Å². The Hall–Kier alpha value is -4.41. The number of hydrogen-bond donors (Lipinski definition) is 7.